The summed E-state index contributed by atoms with van der Waals surface area (Å²) in [5, 5.41) is 3.04. The summed E-state index contributed by atoms with van der Waals surface area (Å²) in [5.74, 6) is -0.635. The van der Waals surface area contributed by atoms with Gasteiger partial charge in [0.15, 0.2) is 5.82 Å². The van der Waals surface area contributed by atoms with E-state index >= 15 is 0 Å². The standard InChI is InChI=1S/C12H12F2N4/c1-15-5-8-6-18-10-4-7(13)3-9(14)11(10)16-12(18)17(8)2/h3-4,6,15H,5H2,1-2H3. The number of hydrogen-bond acceptors (Lipinski definition) is 2. The molecule has 2 heterocycles. The van der Waals surface area contributed by atoms with E-state index < -0.39 is 11.6 Å². The molecule has 0 atom stereocenters. The smallest absolute Gasteiger partial charge is 0.215 e. The van der Waals surface area contributed by atoms with E-state index in [1.807, 2.05) is 24.9 Å². The largest absolute Gasteiger partial charge is 0.316 e. The number of rotatable bonds is 2. The molecule has 0 spiro atoms. The van der Waals surface area contributed by atoms with Gasteiger partial charge in [0.1, 0.15) is 11.3 Å². The Kier molecular flexibility index (Phi) is 2.34. The molecule has 0 aliphatic heterocycles. The van der Waals surface area contributed by atoms with Crippen molar-refractivity contribution >= 4 is 16.8 Å². The number of aromatic nitrogens is 3. The number of nitrogens with one attached hydrogen (secondary N) is 1. The minimum Gasteiger partial charge on any atom is -0.316 e. The summed E-state index contributed by atoms with van der Waals surface area (Å²) in [6, 6.07) is 2.14. The number of halogens is 2. The van der Waals surface area contributed by atoms with Gasteiger partial charge in [0.25, 0.3) is 0 Å². The topological polar surface area (TPSA) is 34.3 Å². The molecule has 0 radical (unpaired) electrons. The quantitative estimate of drug-likeness (QED) is 0.753. The molecule has 94 valence electrons. The van der Waals surface area contributed by atoms with Gasteiger partial charge in [0.05, 0.1) is 11.2 Å². The average molecular weight is 250 g/mol. The highest BCUT2D eigenvalue weighted by molar-refractivity contribution is 5.80. The van der Waals surface area contributed by atoms with E-state index in [-0.39, 0.29) is 5.52 Å². The zero-order valence-corrected chi connectivity index (χ0v) is 10.0. The Morgan fingerprint density at radius 3 is 2.83 bits per heavy atom. The van der Waals surface area contributed by atoms with Crippen molar-refractivity contribution in [3.63, 3.8) is 0 Å². The molecule has 6 heteroatoms. The van der Waals surface area contributed by atoms with E-state index in [4.69, 9.17) is 0 Å². The van der Waals surface area contributed by atoms with Crippen LogP contribution in [0.1, 0.15) is 5.69 Å². The van der Waals surface area contributed by atoms with Crippen molar-refractivity contribution < 1.29 is 8.78 Å². The number of hydrogen-bond donors (Lipinski definition) is 1. The Hall–Kier alpha value is -1.95. The fourth-order valence-electron chi connectivity index (χ4n) is 2.18. The van der Waals surface area contributed by atoms with Crippen LogP contribution in [0.5, 0.6) is 0 Å². The van der Waals surface area contributed by atoms with Crippen LogP contribution in [0.4, 0.5) is 8.78 Å². The summed E-state index contributed by atoms with van der Waals surface area (Å²) in [5.41, 5.74) is 1.63. The van der Waals surface area contributed by atoms with Gasteiger partial charge in [-0.05, 0) is 7.05 Å². The third-order valence-electron chi connectivity index (χ3n) is 3.06. The molecule has 0 unspecified atom stereocenters. The lowest BCUT2D eigenvalue weighted by molar-refractivity contribution is 0.590. The maximum absolute atomic E-state index is 13.6. The first-order valence-corrected chi connectivity index (χ1v) is 5.58. The number of fused-ring (bicyclic) bond motifs is 3. The van der Waals surface area contributed by atoms with Crippen LogP contribution in [0.15, 0.2) is 18.3 Å². The van der Waals surface area contributed by atoms with E-state index in [0.29, 0.717) is 17.8 Å². The first-order chi connectivity index (χ1) is 8.61. The predicted octanol–water partition coefficient (Wildman–Crippen LogP) is 1.82. The Bertz CT molecular complexity index is 742. The minimum absolute atomic E-state index is 0.193. The van der Waals surface area contributed by atoms with Crippen molar-refractivity contribution in [2.75, 3.05) is 7.05 Å². The van der Waals surface area contributed by atoms with E-state index in [1.54, 1.807) is 4.40 Å². The van der Waals surface area contributed by atoms with Crippen molar-refractivity contribution in [2.45, 2.75) is 6.54 Å². The molecule has 3 rings (SSSR count). The highest BCUT2D eigenvalue weighted by Crippen LogP contribution is 2.22. The number of nitrogens with zero attached hydrogens (tertiary/aromatic N) is 3. The number of aryl methyl sites for hydroxylation is 1. The second-order valence-corrected chi connectivity index (χ2v) is 4.25. The lowest BCUT2D eigenvalue weighted by atomic mass is 10.3. The van der Waals surface area contributed by atoms with Gasteiger partial charge >= 0.3 is 0 Å². The van der Waals surface area contributed by atoms with Gasteiger partial charge in [-0.3, -0.25) is 4.40 Å². The van der Waals surface area contributed by atoms with Gasteiger partial charge in [-0.1, -0.05) is 0 Å². The maximum atomic E-state index is 13.6. The summed E-state index contributed by atoms with van der Waals surface area (Å²) in [6.45, 7) is 0.666. The molecular formula is C12H12F2N4. The molecule has 0 saturated carbocycles. The van der Waals surface area contributed by atoms with Crippen LogP contribution in [0.3, 0.4) is 0 Å². The fraction of sp³-hybridized carbons (Fsp3) is 0.250. The zero-order chi connectivity index (χ0) is 12.9. The Morgan fingerprint density at radius 2 is 2.11 bits per heavy atom. The summed E-state index contributed by atoms with van der Waals surface area (Å²) < 4.78 is 30.4. The van der Waals surface area contributed by atoms with Crippen LogP contribution in [-0.4, -0.2) is 21.0 Å². The van der Waals surface area contributed by atoms with Gasteiger partial charge in [0.2, 0.25) is 5.78 Å². The van der Waals surface area contributed by atoms with Gasteiger partial charge in [0, 0.05) is 31.9 Å². The summed E-state index contributed by atoms with van der Waals surface area (Å²) >= 11 is 0. The predicted molar refractivity (Wildman–Crippen MR) is 64.3 cm³/mol. The zero-order valence-electron chi connectivity index (χ0n) is 10.0. The highest BCUT2D eigenvalue weighted by atomic mass is 19.1. The SMILES string of the molecule is CNCc1cn2c3cc(F)cc(F)c3nc2n1C. The first-order valence-electron chi connectivity index (χ1n) is 5.58. The molecule has 0 aliphatic carbocycles. The van der Waals surface area contributed by atoms with Crippen LogP contribution in [-0.2, 0) is 13.6 Å². The normalized spacial score (nSPS) is 11.8. The molecule has 0 fully saturated rings. The van der Waals surface area contributed by atoms with Crippen LogP contribution < -0.4 is 5.32 Å². The lowest BCUT2D eigenvalue weighted by Gasteiger charge is -1.99. The minimum atomic E-state index is -0.635. The van der Waals surface area contributed by atoms with Crippen LogP contribution in [0.25, 0.3) is 16.8 Å². The Morgan fingerprint density at radius 1 is 1.33 bits per heavy atom. The number of benzene rings is 1. The first kappa shape index (κ1) is 11.2. The van der Waals surface area contributed by atoms with Gasteiger partial charge in [-0.2, -0.15) is 0 Å². The van der Waals surface area contributed by atoms with Gasteiger partial charge < -0.3 is 9.88 Å². The molecule has 0 saturated heterocycles. The fourth-order valence-corrected chi connectivity index (χ4v) is 2.18. The van der Waals surface area contributed by atoms with E-state index in [1.165, 1.54) is 6.07 Å². The molecule has 0 amide bonds. The summed E-state index contributed by atoms with van der Waals surface area (Å²) in [4.78, 5) is 4.21. The van der Waals surface area contributed by atoms with Crippen molar-refractivity contribution in [3.8, 4) is 0 Å². The Labute approximate surface area is 102 Å². The van der Waals surface area contributed by atoms with Gasteiger partial charge in [-0.25, -0.2) is 13.8 Å². The van der Waals surface area contributed by atoms with Crippen LogP contribution in [0, 0.1) is 11.6 Å². The summed E-state index contributed by atoms with van der Waals surface area (Å²) in [7, 11) is 3.69. The second-order valence-electron chi connectivity index (χ2n) is 4.25. The monoisotopic (exact) mass is 250 g/mol. The van der Waals surface area contributed by atoms with Crippen molar-refractivity contribution in [3.05, 3.63) is 35.7 Å². The molecule has 1 aromatic carbocycles. The van der Waals surface area contributed by atoms with E-state index in [9.17, 15) is 8.78 Å². The third kappa shape index (κ3) is 1.42. The molecular weight excluding hydrogens is 238 g/mol. The molecule has 4 nitrogen and oxygen atoms in total. The average Bonchev–Trinajstić information content (AvgIpc) is 2.80. The molecule has 1 N–H and O–H groups in total. The van der Waals surface area contributed by atoms with E-state index in [0.717, 1.165) is 11.8 Å². The summed E-state index contributed by atoms with van der Waals surface area (Å²) in [6.07, 6.45) is 1.83. The van der Waals surface area contributed by atoms with Crippen molar-refractivity contribution in [1.82, 2.24) is 19.3 Å². The van der Waals surface area contributed by atoms with Crippen molar-refractivity contribution in [2.24, 2.45) is 7.05 Å². The Balaban J connectivity index is 2.38. The third-order valence-corrected chi connectivity index (χ3v) is 3.06. The van der Waals surface area contributed by atoms with E-state index in [2.05, 4.69) is 10.3 Å². The molecule has 2 aromatic heterocycles. The number of imidazole rings is 2. The van der Waals surface area contributed by atoms with Crippen molar-refractivity contribution in [1.29, 1.82) is 0 Å². The van der Waals surface area contributed by atoms with Crippen LogP contribution >= 0.6 is 0 Å². The lowest BCUT2D eigenvalue weighted by Crippen LogP contribution is -2.08. The van der Waals surface area contributed by atoms with Crippen LogP contribution in [0.2, 0.25) is 0 Å². The highest BCUT2D eigenvalue weighted by Gasteiger charge is 2.15. The molecule has 0 bridgehead atoms. The molecule has 3 aromatic rings. The molecule has 0 aliphatic rings. The maximum Gasteiger partial charge on any atom is 0.215 e. The molecule has 18 heavy (non-hydrogen) atoms. The second kappa shape index (κ2) is 3.78. The van der Waals surface area contributed by atoms with Gasteiger partial charge in [-0.15, -0.1) is 0 Å².